The normalized spacial score (nSPS) is 12.1. The van der Waals surface area contributed by atoms with Gasteiger partial charge in [0.05, 0.1) is 20.3 Å². The highest BCUT2D eigenvalue weighted by Crippen LogP contribution is 2.25. The predicted octanol–water partition coefficient (Wildman–Crippen LogP) is 4.34. The van der Waals surface area contributed by atoms with Crippen molar-refractivity contribution in [2.75, 3.05) is 14.2 Å². The molecular weight excluding hydrogens is 302 g/mol. The van der Waals surface area contributed by atoms with E-state index in [4.69, 9.17) is 14.2 Å². The van der Waals surface area contributed by atoms with E-state index >= 15 is 0 Å². The largest absolute Gasteiger partial charge is 0.497 e. The van der Waals surface area contributed by atoms with Gasteiger partial charge in [0.25, 0.3) is 0 Å². The van der Waals surface area contributed by atoms with Gasteiger partial charge in [0.1, 0.15) is 17.2 Å². The van der Waals surface area contributed by atoms with Gasteiger partial charge in [0, 0.05) is 18.2 Å². The van der Waals surface area contributed by atoms with Crippen molar-refractivity contribution >= 4 is 0 Å². The van der Waals surface area contributed by atoms with E-state index in [1.807, 2.05) is 44.2 Å². The molecule has 1 atom stereocenters. The zero-order valence-corrected chi connectivity index (χ0v) is 15.1. The maximum atomic E-state index is 5.77. The Morgan fingerprint density at radius 2 is 1.71 bits per heavy atom. The third kappa shape index (κ3) is 4.90. The third-order valence-corrected chi connectivity index (χ3v) is 3.82. The zero-order chi connectivity index (χ0) is 17.5. The highest BCUT2D eigenvalue weighted by atomic mass is 16.5. The van der Waals surface area contributed by atoms with Crippen molar-refractivity contribution in [2.45, 2.75) is 39.5 Å². The Hall–Kier alpha value is -2.20. The minimum atomic E-state index is 0.171. The summed E-state index contributed by atoms with van der Waals surface area (Å²) in [5.41, 5.74) is 2.26. The Kier molecular flexibility index (Phi) is 6.50. The van der Waals surface area contributed by atoms with Crippen molar-refractivity contribution in [3.63, 3.8) is 0 Å². The number of benzene rings is 2. The molecule has 0 fully saturated rings. The van der Waals surface area contributed by atoms with Crippen molar-refractivity contribution in [3.05, 3.63) is 53.6 Å². The molecule has 0 saturated carbocycles. The van der Waals surface area contributed by atoms with E-state index < -0.39 is 0 Å². The molecule has 4 nitrogen and oxygen atoms in total. The van der Waals surface area contributed by atoms with Crippen LogP contribution < -0.4 is 19.5 Å². The predicted molar refractivity (Wildman–Crippen MR) is 97.0 cm³/mol. The second-order valence-electron chi connectivity index (χ2n) is 6.02. The molecule has 130 valence electrons. The van der Waals surface area contributed by atoms with Gasteiger partial charge in [-0.15, -0.1) is 0 Å². The summed E-state index contributed by atoms with van der Waals surface area (Å²) in [6, 6.07) is 14.2. The van der Waals surface area contributed by atoms with Crippen molar-refractivity contribution in [3.8, 4) is 17.2 Å². The first-order valence-corrected chi connectivity index (χ1v) is 8.24. The van der Waals surface area contributed by atoms with Crippen molar-refractivity contribution in [1.29, 1.82) is 0 Å². The molecule has 0 aliphatic carbocycles. The van der Waals surface area contributed by atoms with E-state index in [1.165, 1.54) is 5.56 Å². The number of hydrogen-bond acceptors (Lipinski definition) is 4. The summed E-state index contributed by atoms with van der Waals surface area (Å²) in [5, 5.41) is 3.53. The fourth-order valence-electron chi connectivity index (χ4n) is 2.53. The van der Waals surface area contributed by atoms with Crippen LogP contribution >= 0.6 is 0 Å². The van der Waals surface area contributed by atoms with Crippen molar-refractivity contribution in [1.82, 2.24) is 5.32 Å². The Balaban J connectivity index is 2.06. The molecule has 0 heterocycles. The van der Waals surface area contributed by atoms with Crippen LogP contribution in [0.3, 0.4) is 0 Å². The van der Waals surface area contributed by atoms with Gasteiger partial charge in [-0.1, -0.05) is 12.1 Å². The van der Waals surface area contributed by atoms with Crippen LogP contribution in [0.5, 0.6) is 17.2 Å². The summed E-state index contributed by atoms with van der Waals surface area (Å²) in [6.45, 7) is 6.89. The van der Waals surface area contributed by atoms with E-state index in [2.05, 4.69) is 24.4 Å². The fraction of sp³-hybridized carbons (Fsp3) is 0.400. The standard InChI is InChI=1S/C20H27NO3/c1-14(2)24-19-8-6-7-16(11-19)15(3)21-13-17-12-18(22-4)9-10-20(17)23-5/h6-12,14-15,21H,13H2,1-5H3. The van der Waals surface area contributed by atoms with E-state index in [1.54, 1.807) is 14.2 Å². The maximum absolute atomic E-state index is 5.77. The molecule has 0 bridgehead atoms. The summed E-state index contributed by atoms with van der Waals surface area (Å²) >= 11 is 0. The summed E-state index contributed by atoms with van der Waals surface area (Å²) in [4.78, 5) is 0. The average Bonchev–Trinajstić information content (AvgIpc) is 2.59. The van der Waals surface area contributed by atoms with Crippen LogP contribution in [0.25, 0.3) is 0 Å². The fourth-order valence-corrected chi connectivity index (χ4v) is 2.53. The van der Waals surface area contributed by atoms with Crippen LogP contribution in [-0.2, 0) is 6.54 Å². The molecule has 2 aromatic carbocycles. The van der Waals surface area contributed by atoms with Crippen LogP contribution in [0.4, 0.5) is 0 Å². The van der Waals surface area contributed by atoms with E-state index in [9.17, 15) is 0 Å². The lowest BCUT2D eigenvalue weighted by molar-refractivity contribution is 0.242. The van der Waals surface area contributed by atoms with Gasteiger partial charge >= 0.3 is 0 Å². The van der Waals surface area contributed by atoms with Crippen LogP contribution in [0.1, 0.15) is 37.9 Å². The van der Waals surface area contributed by atoms with Gasteiger partial charge in [-0.25, -0.2) is 0 Å². The molecule has 0 radical (unpaired) electrons. The van der Waals surface area contributed by atoms with Gasteiger partial charge in [-0.3, -0.25) is 0 Å². The number of rotatable bonds is 8. The Labute approximate surface area is 144 Å². The van der Waals surface area contributed by atoms with Gasteiger partial charge in [0.15, 0.2) is 0 Å². The minimum absolute atomic E-state index is 0.171. The lowest BCUT2D eigenvalue weighted by atomic mass is 10.1. The summed E-state index contributed by atoms with van der Waals surface area (Å²) in [5.74, 6) is 2.58. The second-order valence-corrected chi connectivity index (χ2v) is 6.02. The Bertz CT molecular complexity index is 655. The van der Waals surface area contributed by atoms with E-state index in [-0.39, 0.29) is 12.1 Å². The molecule has 2 rings (SSSR count). The molecule has 0 aliphatic heterocycles. The van der Waals surface area contributed by atoms with Gasteiger partial charge in [0.2, 0.25) is 0 Å². The molecule has 0 amide bonds. The maximum Gasteiger partial charge on any atom is 0.123 e. The lowest BCUT2D eigenvalue weighted by Gasteiger charge is -2.18. The molecule has 0 aliphatic rings. The second kappa shape index (κ2) is 8.60. The van der Waals surface area contributed by atoms with Crippen LogP contribution in [0.2, 0.25) is 0 Å². The summed E-state index contributed by atoms with van der Waals surface area (Å²) in [7, 11) is 3.35. The van der Waals surface area contributed by atoms with Crippen LogP contribution in [0.15, 0.2) is 42.5 Å². The quantitative estimate of drug-likeness (QED) is 0.782. The Morgan fingerprint density at radius 1 is 0.917 bits per heavy atom. The Morgan fingerprint density at radius 3 is 2.38 bits per heavy atom. The smallest absolute Gasteiger partial charge is 0.123 e. The molecule has 1 unspecified atom stereocenters. The highest BCUT2D eigenvalue weighted by molar-refractivity contribution is 5.40. The monoisotopic (exact) mass is 329 g/mol. The van der Waals surface area contributed by atoms with Gasteiger partial charge < -0.3 is 19.5 Å². The van der Waals surface area contributed by atoms with Crippen LogP contribution in [0, 0.1) is 0 Å². The first-order chi connectivity index (χ1) is 11.5. The number of methoxy groups -OCH3 is 2. The average molecular weight is 329 g/mol. The van der Waals surface area contributed by atoms with Gasteiger partial charge in [-0.2, -0.15) is 0 Å². The first-order valence-electron chi connectivity index (χ1n) is 8.24. The molecule has 24 heavy (non-hydrogen) atoms. The molecule has 0 saturated heterocycles. The van der Waals surface area contributed by atoms with E-state index in [0.29, 0.717) is 6.54 Å². The molecular formula is C20H27NO3. The highest BCUT2D eigenvalue weighted by Gasteiger charge is 2.10. The van der Waals surface area contributed by atoms with Crippen molar-refractivity contribution in [2.24, 2.45) is 0 Å². The molecule has 1 N–H and O–H groups in total. The molecule has 2 aromatic rings. The summed E-state index contributed by atoms with van der Waals surface area (Å²) in [6.07, 6.45) is 0.171. The van der Waals surface area contributed by atoms with Crippen molar-refractivity contribution < 1.29 is 14.2 Å². The number of ether oxygens (including phenoxy) is 3. The topological polar surface area (TPSA) is 39.7 Å². The zero-order valence-electron chi connectivity index (χ0n) is 15.1. The SMILES string of the molecule is COc1ccc(OC)c(CNC(C)c2cccc(OC(C)C)c2)c1. The number of hydrogen-bond donors (Lipinski definition) is 1. The molecule has 0 aromatic heterocycles. The first kappa shape index (κ1) is 18.1. The number of nitrogens with one attached hydrogen (secondary N) is 1. The van der Waals surface area contributed by atoms with E-state index in [0.717, 1.165) is 22.8 Å². The van der Waals surface area contributed by atoms with Gasteiger partial charge in [-0.05, 0) is 56.7 Å². The van der Waals surface area contributed by atoms with Crippen LogP contribution in [-0.4, -0.2) is 20.3 Å². The minimum Gasteiger partial charge on any atom is -0.497 e. The third-order valence-electron chi connectivity index (χ3n) is 3.82. The lowest BCUT2D eigenvalue weighted by Crippen LogP contribution is -2.18. The summed E-state index contributed by atoms with van der Waals surface area (Å²) < 4.78 is 16.5. The molecule has 0 spiro atoms. The molecule has 4 heteroatoms.